The summed E-state index contributed by atoms with van der Waals surface area (Å²) in [6, 6.07) is 2.67. The molecule has 1 aromatic carbocycles. The van der Waals surface area contributed by atoms with Gasteiger partial charge in [-0.25, -0.2) is 26.9 Å². The molecule has 3 atom stereocenters. The number of nitrogens with zero attached hydrogens (tertiary/aromatic N) is 1. The summed E-state index contributed by atoms with van der Waals surface area (Å²) in [6.07, 6.45) is -1.88. The summed E-state index contributed by atoms with van der Waals surface area (Å²) < 4.78 is 75.2. The van der Waals surface area contributed by atoms with E-state index in [2.05, 4.69) is 4.99 Å². The zero-order valence-corrected chi connectivity index (χ0v) is 12.5. The lowest BCUT2D eigenvalue weighted by Gasteiger charge is -2.46. The van der Waals surface area contributed by atoms with Crippen molar-refractivity contribution in [1.29, 1.82) is 0 Å². The molecule has 0 spiro atoms. The van der Waals surface area contributed by atoms with Crippen LogP contribution in [-0.4, -0.2) is 30.9 Å². The number of alkyl halides is 4. The Morgan fingerprint density at radius 1 is 1.21 bits per heavy atom. The van der Waals surface area contributed by atoms with Crippen molar-refractivity contribution < 1.29 is 26.7 Å². The summed E-state index contributed by atoms with van der Waals surface area (Å²) in [5.74, 6) is -5.63. The van der Waals surface area contributed by atoms with E-state index in [1.165, 1.54) is 6.07 Å². The number of halogens is 5. The summed E-state index contributed by atoms with van der Waals surface area (Å²) in [6.45, 7) is -2.67. The summed E-state index contributed by atoms with van der Waals surface area (Å²) in [7, 11) is 0. The number of nitrogens with two attached hydrogens (primary N) is 2. The first-order chi connectivity index (χ1) is 11.2. The molecule has 1 saturated carbocycles. The first-order valence-electron chi connectivity index (χ1n) is 7.28. The molecule has 4 nitrogen and oxygen atoms in total. The van der Waals surface area contributed by atoms with Crippen LogP contribution in [0.25, 0.3) is 0 Å². The second-order valence-electron chi connectivity index (χ2n) is 6.34. The molecule has 0 radical (unpaired) electrons. The minimum atomic E-state index is -3.31. The lowest BCUT2D eigenvalue weighted by Crippen LogP contribution is -2.57. The van der Waals surface area contributed by atoms with E-state index < -0.39 is 61.0 Å². The number of nitrogen functional groups attached to an aromatic ring is 1. The highest BCUT2D eigenvalue weighted by Gasteiger charge is 2.68. The second kappa shape index (κ2) is 5.22. The molecule has 9 heteroatoms. The molecule has 132 valence electrons. The molecule has 1 aliphatic carbocycles. The minimum Gasteiger partial charge on any atom is -0.455 e. The van der Waals surface area contributed by atoms with Crippen molar-refractivity contribution >= 4 is 11.7 Å². The molecular weight excluding hydrogens is 333 g/mol. The Balaban J connectivity index is 2.25. The van der Waals surface area contributed by atoms with Crippen molar-refractivity contribution in [3.8, 4) is 0 Å². The molecular formula is C15H16F5N3O. The maximum Gasteiger partial charge on any atom is 0.283 e. The van der Waals surface area contributed by atoms with Crippen LogP contribution in [-0.2, 0) is 10.3 Å². The van der Waals surface area contributed by atoms with E-state index in [1.807, 2.05) is 0 Å². The lowest BCUT2D eigenvalue weighted by atomic mass is 9.71. The van der Waals surface area contributed by atoms with Crippen LogP contribution < -0.4 is 11.5 Å². The average Bonchev–Trinajstić information content (AvgIpc) is 2.80. The van der Waals surface area contributed by atoms with Crippen LogP contribution >= 0.6 is 0 Å². The van der Waals surface area contributed by atoms with Crippen molar-refractivity contribution in [3.05, 3.63) is 29.6 Å². The van der Waals surface area contributed by atoms with Crippen LogP contribution in [0, 0.1) is 11.7 Å². The van der Waals surface area contributed by atoms with Crippen molar-refractivity contribution in [2.24, 2.45) is 16.6 Å². The molecule has 0 aromatic heterocycles. The SMILES string of the molecule is NC1=N[C@](CF)(c2cc(N)ccc2F)[C@H]2CC(F)(F)C[C@@]2(CF)O1. The standard InChI is InChI=1S/C15H16F5N3O/c16-6-13-5-14(19,20)4-11(13)15(7-17,23-12(22)24-13)9-3-8(21)1-2-10(9)18/h1-3,11H,4-7,21H2,(H2,22,23)/t11-,13-,15+/m0/s1. The Morgan fingerprint density at radius 2 is 1.92 bits per heavy atom. The fraction of sp³-hybridized carbons (Fsp3) is 0.533. The molecule has 1 aliphatic heterocycles. The summed E-state index contributed by atoms with van der Waals surface area (Å²) in [5, 5.41) is 0. The third-order valence-electron chi connectivity index (χ3n) is 4.78. The van der Waals surface area contributed by atoms with Crippen LogP contribution in [0.2, 0.25) is 0 Å². The molecule has 1 aromatic rings. The van der Waals surface area contributed by atoms with Gasteiger partial charge in [0.15, 0.2) is 5.60 Å². The quantitative estimate of drug-likeness (QED) is 0.651. The first kappa shape index (κ1) is 16.8. The van der Waals surface area contributed by atoms with Crippen LogP contribution in [0.4, 0.5) is 27.6 Å². The maximum atomic E-state index is 14.3. The van der Waals surface area contributed by atoms with Gasteiger partial charge in [0.1, 0.15) is 24.7 Å². The second-order valence-corrected chi connectivity index (χ2v) is 6.34. The first-order valence-corrected chi connectivity index (χ1v) is 7.28. The summed E-state index contributed by atoms with van der Waals surface area (Å²) in [5.41, 5.74) is 6.71. The predicted octanol–water partition coefficient (Wildman–Crippen LogP) is 2.67. The Kier molecular flexibility index (Phi) is 3.65. The fourth-order valence-electron chi connectivity index (χ4n) is 3.82. The smallest absolute Gasteiger partial charge is 0.283 e. The third kappa shape index (κ3) is 2.29. The Labute approximate surface area is 134 Å². The van der Waals surface area contributed by atoms with Crippen LogP contribution in [0.1, 0.15) is 18.4 Å². The number of aliphatic imine (C=N–C) groups is 1. The fourth-order valence-corrected chi connectivity index (χ4v) is 3.82. The summed E-state index contributed by atoms with van der Waals surface area (Å²) >= 11 is 0. The van der Waals surface area contributed by atoms with Crippen LogP contribution in [0.15, 0.2) is 23.2 Å². The van der Waals surface area contributed by atoms with Crippen molar-refractivity contribution in [2.45, 2.75) is 29.9 Å². The highest BCUT2D eigenvalue weighted by atomic mass is 19.3. The topological polar surface area (TPSA) is 73.6 Å². The molecule has 0 amide bonds. The Hall–Kier alpha value is -2.06. The van der Waals surface area contributed by atoms with Crippen LogP contribution in [0.3, 0.4) is 0 Å². The van der Waals surface area contributed by atoms with Crippen LogP contribution in [0.5, 0.6) is 0 Å². The van der Waals surface area contributed by atoms with Gasteiger partial charge in [0.05, 0.1) is 6.42 Å². The van der Waals surface area contributed by atoms with Crippen molar-refractivity contribution in [3.63, 3.8) is 0 Å². The van der Waals surface area contributed by atoms with Gasteiger partial charge in [0.2, 0.25) is 0 Å². The largest absolute Gasteiger partial charge is 0.455 e. The molecule has 3 rings (SSSR count). The van der Waals surface area contributed by atoms with Gasteiger partial charge >= 0.3 is 0 Å². The molecule has 0 saturated heterocycles. The van der Waals surface area contributed by atoms with E-state index in [1.54, 1.807) is 0 Å². The van der Waals surface area contributed by atoms with E-state index in [9.17, 15) is 22.0 Å². The number of hydrogen-bond acceptors (Lipinski definition) is 4. The molecule has 1 heterocycles. The number of amidine groups is 1. The van der Waals surface area contributed by atoms with Gasteiger partial charge in [-0.2, -0.15) is 0 Å². The highest BCUT2D eigenvalue weighted by Crippen LogP contribution is 2.58. The van der Waals surface area contributed by atoms with E-state index in [-0.39, 0.29) is 11.3 Å². The number of benzene rings is 1. The molecule has 0 unspecified atom stereocenters. The number of fused-ring (bicyclic) bond motifs is 1. The molecule has 24 heavy (non-hydrogen) atoms. The number of hydrogen-bond donors (Lipinski definition) is 2. The van der Waals surface area contributed by atoms with Gasteiger partial charge in [0.25, 0.3) is 11.9 Å². The molecule has 2 aliphatic rings. The summed E-state index contributed by atoms with van der Waals surface area (Å²) in [4.78, 5) is 3.81. The maximum absolute atomic E-state index is 14.3. The normalized spacial score (nSPS) is 34.4. The van der Waals surface area contributed by atoms with Gasteiger partial charge in [0, 0.05) is 23.6 Å². The number of rotatable bonds is 3. The Bertz CT molecular complexity index is 698. The molecule has 0 bridgehead atoms. The number of ether oxygens (including phenoxy) is 1. The average molecular weight is 349 g/mol. The van der Waals surface area contributed by atoms with E-state index in [0.717, 1.165) is 12.1 Å². The van der Waals surface area contributed by atoms with Gasteiger partial charge < -0.3 is 16.2 Å². The third-order valence-corrected chi connectivity index (χ3v) is 4.78. The van der Waals surface area contributed by atoms with E-state index in [0.29, 0.717) is 0 Å². The van der Waals surface area contributed by atoms with Crippen molar-refractivity contribution in [1.82, 2.24) is 0 Å². The highest BCUT2D eigenvalue weighted by molar-refractivity contribution is 5.74. The van der Waals surface area contributed by atoms with E-state index in [4.69, 9.17) is 16.2 Å². The zero-order valence-electron chi connectivity index (χ0n) is 12.5. The van der Waals surface area contributed by atoms with Gasteiger partial charge in [-0.3, -0.25) is 0 Å². The number of anilines is 1. The lowest BCUT2D eigenvalue weighted by molar-refractivity contribution is -0.0693. The Morgan fingerprint density at radius 3 is 2.54 bits per heavy atom. The van der Waals surface area contributed by atoms with Gasteiger partial charge in [-0.05, 0) is 18.2 Å². The van der Waals surface area contributed by atoms with Crippen molar-refractivity contribution in [2.75, 3.05) is 19.1 Å². The predicted molar refractivity (Wildman–Crippen MR) is 77.5 cm³/mol. The molecule has 4 N–H and O–H groups in total. The van der Waals surface area contributed by atoms with Gasteiger partial charge in [-0.15, -0.1) is 0 Å². The zero-order chi connectivity index (χ0) is 17.8. The minimum absolute atomic E-state index is 0.0927. The monoisotopic (exact) mass is 349 g/mol. The van der Waals surface area contributed by atoms with Gasteiger partial charge in [-0.1, -0.05) is 0 Å². The van der Waals surface area contributed by atoms with E-state index >= 15 is 0 Å². The molecule has 1 fully saturated rings.